The van der Waals surface area contributed by atoms with Gasteiger partial charge in [-0.2, -0.15) is 0 Å². The lowest BCUT2D eigenvalue weighted by Crippen LogP contribution is -2.57. The third-order valence-electron chi connectivity index (χ3n) is 3.97. The maximum absolute atomic E-state index is 12.4. The molecule has 0 fully saturated rings. The van der Waals surface area contributed by atoms with Gasteiger partial charge in [-0.25, -0.2) is 13.6 Å². The number of hydrogen-bond donors (Lipinski definition) is 1. The second-order valence-corrected chi connectivity index (χ2v) is 8.51. The molecule has 0 saturated heterocycles. The monoisotopic (exact) mass is 383 g/mol. The highest BCUT2D eigenvalue weighted by molar-refractivity contribution is 7.99. The lowest BCUT2D eigenvalue weighted by atomic mass is 10.0. The Morgan fingerprint density at radius 2 is 2.04 bits per heavy atom. The Morgan fingerprint density at radius 1 is 1.36 bits per heavy atom. The van der Waals surface area contributed by atoms with Crippen LogP contribution in [0.1, 0.15) is 19.8 Å². The van der Waals surface area contributed by atoms with Gasteiger partial charge in [0.1, 0.15) is 0 Å². The number of sulfonamides is 1. The molecule has 0 radical (unpaired) electrons. The minimum atomic E-state index is -4.10. The Kier molecular flexibility index (Phi) is 6.39. The van der Waals surface area contributed by atoms with Crippen LogP contribution in [0.2, 0.25) is 0 Å². The van der Waals surface area contributed by atoms with Crippen LogP contribution in [0.5, 0.6) is 0 Å². The predicted molar refractivity (Wildman–Crippen MR) is 98.8 cm³/mol. The summed E-state index contributed by atoms with van der Waals surface area (Å²) in [6.07, 6.45) is 4.60. The summed E-state index contributed by atoms with van der Waals surface area (Å²) in [5.41, 5.74) is -0.165. The highest BCUT2D eigenvalue weighted by Gasteiger charge is 2.48. The SMILES string of the molecule is CCCN(CSc1ccccc1)C1(S(N)(=O)=O)C=CC=C([N+](=O)[O-])C1. The van der Waals surface area contributed by atoms with Crippen LogP contribution in [0.3, 0.4) is 0 Å². The molecule has 1 unspecified atom stereocenters. The summed E-state index contributed by atoms with van der Waals surface area (Å²) in [7, 11) is -4.10. The van der Waals surface area contributed by atoms with Crippen LogP contribution in [0, 0.1) is 10.1 Å². The van der Waals surface area contributed by atoms with E-state index in [4.69, 9.17) is 5.14 Å². The normalized spacial score (nSPS) is 20.5. The van der Waals surface area contributed by atoms with Gasteiger partial charge >= 0.3 is 0 Å². The zero-order valence-electron chi connectivity index (χ0n) is 13.9. The smallest absolute Gasteiger partial charge is 0.249 e. The third-order valence-corrected chi connectivity index (χ3v) is 6.54. The van der Waals surface area contributed by atoms with Crippen molar-refractivity contribution in [2.75, 3.05) is 12.4 Å². The van der Waals surface area contributed by atoms with Gasteiger partial charge in [-0.05, 0) is 24.6 Å². The molecule has 0 aromatic heterocycles. The Labute approximate surface area is 151 Å². The Bertz CT molecular complexity index is 778. The molecule has 1 aliphatic carbocycles. The fourth-order valence-electron chi connectivity index (χ4n) is 2.71. The molecule has 0 saturated carbocycles. The minimum Gasteiger partial charge on any atom is -0.270 e. The molecule has 0 amide bonds. The maximum atomic E-state index is 12.4. The van der Waals surface area contributed by atoms with Crippen molar-refractivity contribution >= 4 is 21.8 Å². The average molecular weight is 383 g/mol. The van der Waals surface area contributed by atoms with Gasteiger partial charge in [-0.15, -0.1) is 11.8 Å². The molecular weight excluding hydrogens is 362 g/mol. The summed E-state index contributed by atoms with van der Waals surface area (Å²) in [4.78, 5) is 11.7. The molecular formula is C16H21N3O4S2. The topological polar surface area (TPSA) is 107 Å². The van der Waals surface area contributed by atoms with E-state index in [0.29, 0.717) is 18.8 Å². The summed E-state index contributed by atoms with van der Waals surface area (Å²) in [6.45, 7) is 2.37. The van der Waals surface area contributed by atoms with Crippen molar-refractivity contribution in [1.29, 1.82) is 0 Å². The summed E-state index contributed by atoms with van der Waals surface area (Å²) in [5.74, 6) is 0.351. The number of nitro groups is 1. The van der Waals surface area contributed by atoms with E-state index in [1.165, 1.54) is 30.0 Å². The molecule has 0 heterocycles. The van der Waals surface area contributed by atoms with Crippen molar-refractivity contribution in [3.05, 3.63) is 64.4 Å². The largest absolute Gasteiger partial charge is 0.270 e. The minimum absolute atomic E-state index is 0.165. The quantitative estimate of drug-likeness (QED) is 0.320. The Balaban J connectivity index is 2.34. The summed E-state index contributed by atoms with van der Waals surface area (Å²) < 4.78 is 24.9. The van der Waals surface area contributed by atoms with Crippen molar-refractivity contribution in [2.45, 2.75) is 29.5 Å². The number of benzene rings is 1. The first-order valence-corrected chi connectivity index (χ1v) is 10.3. The molecule has 25 heavy (non-hydrogen) atoms. The van der Waals surface area contributed by atoms with E-state index >= 15 is 0 Å². The molecule has 1 aromatic carbocycles. The summed E-state index contributed by atoms with van der Waals surface area (Å²) in [5, 5.41) is 16.7. The van der Waals surface area contributed by atoms with Crippen molar-refractivity contribution in [2.24, 2.45) is 5.14 Å². The number of rotatable bonds is 8. The second-order valence-electron chi connectivity index (χ2n) is 5.69. The van der Waals surface area contributed by atoms with E-state index in [9.17, 15) is 18.5 Å². The van der Waals surface area contributed by atoms with Crippen LogP contribution in [-0.4, -0.2) is 35.5 Å². The highest BCUT2D eigenvalue weighted by Crippen LogP contribution is 2.35. The fourth-order valence-corrected chi connectivity index (χ4v) is 4.94. The van der Waals surface area contributed by atoms with Gasteiger partial charge in [0.05, 0.1) is 17.2 Å². The number of hydrogen-bond acceptors (Lipinski definition) is 6. The molecule has 0 aliphatic heterocycles. The molecule has 0 bridgehead atoms. The van der Waals surface area contributed by atoms with Gasteiger partial charge in [0.15, 0.2) is 4.87 Å². The molecule has 1 atom stereocenters. The summed E-state index contributed by atoms with van der Waals surface area (Å²) in [6, 6.07) is 9.55. The molecule has 2 rings (SSSR count). The molecule has 1 aliphatic rings. The van der Waals surface area contributed by atoms with Crippen LogP contribution in [0.4, 0.5) is 0 Å². The van der Waals surface area contributed by atoms with Crippen LogP contribution in [0.25, 0.3) is 0 Å². The van der Waals surface area contributed by atoms with Crippen molar-refractivity contribution < 1.29 is 13.3 Å². The standard InChI is InChI=1S/C16H21N3O4S2/c1-2-11-18(13-24-15-8-4-3-5-9-15)16(25(17,22)23)10-6-7-14(12-16)19(20)21/h3-10H,2,11-13H2,1H3,(H2,17,22,23). The lowest BCUT2D eigenvalue weighted by molar-refractivity contribution is -0.429. The van der Waals surface area contributed by atoms with Crippen LogP contribution < -0.4 is 5.14 Å². The number of thioether (sulfide) groups is 1. The number of nitrogens with two attached hydrogens (primary N) is 1. The number of primary sulfonamides is 1. The summed E-state index contributed by atoms with van der Waals surface area (Å²) >= 11 is 1.47. The zero-order chi connectivity index (χ0) is 18.5. The van der Waals surface area contributed by atoms with Gasteiger partial charge in [-0.3, -0.25) is 15.0 Å². The molecule has 9 heteroatoms. The zero-order valence-corrected chi connectivity index (χ0v) is 15.5. The fraction of sp³-hybridized carbons (Fsp3) is 0.375. The first-order chi connectivity index (χ1) is 11.8. The van der Waals surface area contributed by atoms with E-state index in [2.05, 4.69) is 0 Å². The predicted octanol–water partition coefficient (Wildman–Crippen LogP) is 2.55. The van der Waals surface area contributed by atoms with E-state index < -0.39 is 19.8 Å². The van der Waals surface area contributed by atoms with Gasteiger partial charge in [0.25, 0.3) is 0 Å². The number of allylic oxidation sites excluding steroid dienone is 2. The third kappa shape index (κ3) is 4.49. The van der Waals surface area contributed by atoms with Crippen LogP contribution in [-0.2, 0) is 10.0 Å². The average Bonchev–Trinajstić information content (AvgIpc) is 2.58. The van der Waals surface area contributed by atoms with E-state index in [0.717, 1.165) is 4.90 Å². The lowest BCUT2D eigenvalue weighted by Gasteiger charge is -2.39. The Morgan fingerprint density at radius 3 is 2.60 bits per heavy atom. The van der Waals surface area contributed by atoms with Crippen molar-refractivity contribution in [3.63, 3.8) is 0 Å². The number of nitrogens with zero attached hydrogens (tertiary/aromatic N) is 2. The maximum Gasteiger partial charge on any atom is 0.249 e. The van der Waals surface area contributed by atoms with Gasteiger partial charge < -0.3 is 0 Å². The highest BCUT2D eigenvalue weighted by atomic mass is 32.2. The first kappa shape index (κ1) is 19.6. The van der Waals surface area contributed by atoms with Crippen LogP contribution >= 0.6 is 11.8 Å². The van der Waals surface area contributed by atoms with Gasteiger partial charge in [0, 0.05) is 17.5 Å². The van der Waals surface area contributed by atoms with Crippen molar-refractivity contribution in [3.8, 4) is 0 Å². The second kappa shape index (κ2) is 8.13. The van der Waals surface area contributed by atoms with Crippen molar-refractivity contribution in [1.82, 2.24) is 4.90 Å². The molecule has 1 aromatic rings. The van der Waals surface area contributed by atoms with E-state index in [-0.39, 0.29) is 12.1 Å². The van der Waals surface area contributed by atoms with Crippen LogP contribution in [0.15, 0.2) is 59.2 Å². The van der Waals surface area contributed by atoms with E-state index in [1.807, 2.05) is 37.3 Å². The first-order valence-electron chi connectivity index (χ1n) is 7.78. The van der Waals surface area contributed by atoms with Gasteiger partial charge in [-0.1, -0.05) is 31.2 Å². The molecule has 2 N–H and O–H groups in total. The van der Waals surface area contributed by atoms with Gasteiger partial charge in [0.2, 0.25) is 15.7 Å². The molecule has 0 spiro atoms. The molecule has 136 valence electrons. The Hall–Kier alpha value is -1.68. The van der Waals surface area contributed by atoms with E-state index in [1.54, 1.807) is 4.90 Å². The molecule has 7 nitrogen and oxygen atoms in total.